The summed E-state index contributed by atoms with van der Waals surface area (Å²) < 4.78 is 0. The van der Waals surface area contributed by atoms with Gasteiger partial charge in [-0.05, 0) is 45.3 Å². The van der Waals surface area contributed by atoms with Crippen LogP contribution >= 0.6 is 0 Å². The molecule has 2 nitrogen and oxygen atoms in total. The molecule has 0 atom stereocenters. The Balaban J connectivity index is 1.60. The molecule has 0 aliphatic heterocycles. The molecule has 1 aliphatic rings. The van der Waals surface area contributed by atoms with E-state index in [1.54, 1.807) is 0 Å². The highest BCUT2D eigenvalue weighted by Gasteiger charge is 2.19. The second-order valence-corrected chi connectivity index (χ2v) is 5.81. The molecule has 0 saturated heterocycles. The van der Waals surface area contributed by atoms with E-state index in [2.05, 4.69) is 17.6 Å². The predicted octanol–water partition coefficient (Wildman–Crippen LogP) is 3.86. The van der Waals surface area contributed by atoms with Crippen molar-refractivity contribution >= 4 is 0 Å². The van der Waals surface area contributed by atoms with Gasteiger partial charge in [0.15, 0.2) is 0 Å². The lowest BCUT2D eigenvalue weighted by Crippen LogP contribution is -2.23. The second-order valence-electron chi connectivity index (χ2n) is 5.81. The standard InChI is InChI=1S/C16H34N2/c1-2-3-4-5-6-7-8-9-13-17-14-10-15-18-16-11-12-16/h16-18H,2-15H2,1H3. The normalized spacial score (nSPS) is 15.2. The van der Waals surface area contributed by atoms with Crippen LogP contribution in [0.25, 0.3) is 0 Å². The first-order valence-electron chi connectivity index (χ1n) is 8.37. The molecule has 0 aromatic carbocycles. The van der Waals surface area contributed by atoms with E-state index in [0.717, 1.165) is 6.04 Å². The lowest BCUT2D eigenvalue weighted by atomic mass is 10.1. The number of hydrogen-bond donors (Lipinski definition) is 2. The molecular formula is C16H34N2. The number of nitrogens with one attached hydrogen (secondary N) is 2. The van der Waals surface area contributed by atoms with Crippen molar-refractivity contribution in [3.63, 3.8) is 0 Å². The molecule has 18 heavy (non-hydrogen) atoms. The van der Waals surface area contributed by atoms with Crippen molar-refractivity contribution < 1.29 is 0 Å². The van der Waals surface area contributed by atoms with Crippen molar-refractivity contribution in [2.75, 3.05) is 19.6 Å². The minimum atomic E-state index is 0.873. The third-order valence-electron chi connectivity index (χ3n) is 3.75. The van der Waals surface area contributed by atoms with E-state index in [9.17, 15) is 0 Å². The van der Waals surface area contributed by atoms with Gasteiger partial charge in [0.2, 0.25) is 0 Å². The van der Waals surface area contributed by atoms with Crippen LogP contribution in [0.5, 0.6) is 0 Å². The van der Waals surface area contributed by atoms with Crippen LogP contribution in [0.1, 0.15) is 77.6 Å². The fourth-order valence-electron chi connectivity index (χ4n) is 2.32. The summed E-state index contributed by atoms with van der Waals surface area (Å²) in [6, 6.07) is 0.873. The highest BCUT2D eigenvalue weighted by Crippen LogP contribution is 2.18. The third-order valence-corrected chi connectivity index (χ3v) is 3.75. The Bertz CT molecular complexity index is 166. The van der Waals surface area contributed by atoms with Crippen LogP contribution in [-0.2, 0) is 0 Å². The molecule has 0 aromatic heterocycles. The number of unbranched alkanes of at least 4 members (excludes halogenated alkanes) is 7. The molecular weight excluding hydrogens is 220 g/mol. The first-order chi connectivity index (χ1) is 8.93. The fraction of sp³-hybridized carbons (Fsp3) is 1.00. The molecule has 0 amide bonds. The van der Waals surface area contributed by atoms with Crippen LogP contribution in [-0.4, -0.2) is 25.7 Å². The summed E-state index contributed by atoms with van der Waals surface area (Å²) in [7, 11) is 0. The van der Waals surface area contributed by atoms with Crippen LogP contribution < -0.4 is 10.6 Å². The van der Waals surface area contributed by atoms with Gasteiger partial charge < -0.3 is 10.6 Å². The van der Waals surface area contributed by atoms with Gasteiger partial charge in [-0.3, -0.25) is 0 Å². The van der Waals surface area contributed by atoms with Crippen LogP contribution in [0.4, 0.5) is 0 Å². The molecule has 1 fully saturated rings. The summed E-state index contributed by atoms with van der Waals surface area (Å²) in [5.74, 6) is 0. The van der Waals surface area contributed by atoms with Crippen LogP contribution in [0, 0.1) is 0 Å². The van der Waals surface area contributed by atoms with Crippen molar-refractivity contribution in [3.8, 4) is 0 Å². The Morgan fingerprint density at radius 2 is 1.33 bits per heavy atom. The van der Waals surface area contributed by atoms with Gasteiger partial charge in [-0.2, -0.15) is 0 Å². The maximum absolute atomic E-state index is 3.55. The maximum Gasteiger partial charge on any atom is 0.00682 e. The van der Waals surface area contributed by atoms with Crippen molar-refractivity contribution in [1.29, 1.82) is 0 Å². The molecule has 0 aromatic rings. The van der Waals surface area contributed by atoms with Gasteiger partial charge in [0, 0.05) is 6.04 Å². The molecule has 0 radical (unpaired) electrons. The van der Waals surface area contributed by atoms with Crippen molar-refractivity contribution in [2.24, 2.45) is 0 Å². The van der Waals surface area contributed by atoms with E-state index in [-0.39, 0.29) is 0 Å². The van der Waals surface area contributed by atoms with Crippen molar-refractivity contribution in [1.82, 2.24) is 10.6 Å². The Morgan fingerprint density at radius 3 is 2.00 bits per heavy atom. The predicted molar refractivity (Wildman–Crippen MR) is 81.1 cm³/mol. The molecule has 2 N–H and O–H groups in total. The Hall–Kier alpha value is -0.0800. The Labute approximate surface area is 114 Å². The van der Waals surface area contributed by atoms with Crippen LogP contribution in [0.2, 0.25) is 0 Å². The molecule has 0 heterocycles. The summed E-state index contributed by atoms with van der Waals surface area (Å²) in [5.41, 5.74) is 0. The molecule has 0 spiro atoms. The average Bonchev–Trinajstić information content (AvgIpc) is 3.19. The zero-order valence-electron chi connectivity index (χ0n) is 12.5. The van der Waals surface area contributed by atoms with E-state index in [1.807, 2.05) is 0 Å². The third kappa shape index (κ3) is 11.0. The molecule has 0 unspecified atom stereocenters. The average molecular weight is 254 g/mol. The molecule has 1 aliphatic carbocycles. The monoisotopic (exact) mass is 254 g/mol. The minimum absolute atomic E-state index is 0.873. The van der Waals surface area contributed by atoms with Crippen molar-refractivity contribution in [3.05, 3.63) is 0 Å². The smallest absolute Gasteiger partial charge is 0.00682 e. The van der Waals surface area contributed by atoms with E-state index >= 15 is 0 Å². The summed E-state index contributed by atoms with van der Waals surface area (Å²) in [5, 5.41) is 7.10. The van der Waals surface area contributed by atoms with E-state index < -0.39 is 0 Å². The zero-order valence-corrected chi connectivity index (χ0v) is 12.5. The lowest BCUT2D eigenvalue weighted by molar-refractivity contribution is 0.543. The number of hydrogen-bond acceptors (Lipinski definition) is 2. The lowest BCUT2D eigenvalue weighted by Gasteiger charge is -2.05. The van der Waals surface area contributed by atoms with E-state index in [0.29, 0.717) is 0 Å². The summed E-state index contributed by atoms with van der Waals surface area (Å²) in [4.78, 5) is 0. The molecule has 1 saturated carbocycles. The summed E-state index contributed by atoms with van der Waals surface area (Å²) >= 11 is 0. The first kappa shape index (κ1) is 16.0. The molecule has 0 bridgehead atoms. The highest BCUT2D eigenvalue weighted by molar-refractivity contribution is 4.80. The van der Waals surface area contributed by atoms with Crippen LogP contribution in [0.3, 0.4) is 0 Å². The Kier molecular flexibility index (Phi) is 10.6. The van der Waals surface area contributed by atoms with Gasteiger partial charge >= 0.3 is 0 Å². The topological polar surface area (TPSA) is 24.1 Å². The number of rotatable bonds is 14. The van der Waals surface area contributed by atoms with Gasteiger partial charge in [0.25, 0.3) is 0 Å². The van der Waals surface area contributed by atoms with Crippen LogP contribution in [0.15, 0.2) is 0 Å². The van der Waals surface area contributed by atoms with Crippen molar-refractivity contribution in [2.45, 2.75) is 83.6 Å². The second kappa shape index (κ2) is 12.0. The quantitative estimate of drug-likeness (QED) is 0.460. The molecule has 108 valence electrons. The molecule has 1 rings (SSSR count). The summed E-state index contributed by atoms with van der Waals surface area (Å²) in [6.45, 7) is 5.90. The maximum atomic E-state index is 3.55. The first-order valence-corrected chi connectivity index (χ1v) is 8.37. The molecule has 2 heteroatoms. The van der Waals surface area contributed by atoms with Gasteiger partial charge in [0.05, 0.1) is 0 Å². The summed E-state index contributed by atoms with van der Waals surface area (Å²) in [6.07, 6.45) is 15.5. The minimum Gasteiger partial charge on any atom is -0.317 e. The van der Waals surface area contributed by atoms with E-state index in [4.69, 9.17) is 0 Å². The highest BCUT2D eigenvalue weighted by atomic mass is 14.9. The fourth-order valence-corrected chi connectivity index (χ4v) is 2.32. The largest absolute Gasteiger partial charge is 0.317 e. The van der Waals surface area contributed by atoms with Gasteiger partial charge in [0.1, 0.15) is 0 Å². The van der Waals surface area contributed by atoms with E-state index in [1.165, 1.54) is 90.3 Å². The van der Waals surface area contributed by atoms with Gasteiger partial charge in [-0.1, -0.05) is 51.9 Å². The van der Waals surface area contributed by atoms with Gasteiger partial charge in [-0.15, -0.1) is 0 Å². The Morgan fingerprint density at radius 1 is 0.722 bits per heavy atom. The SMILES string of the molecule is CCCCCCCCCCNCCCNC1CC1. The zero-order chi connectivity index (χ0) is 12.9. The van der Waals surface area contributed by atoms with Gasteiger partial charge in [-0.25, -0.2) is 0 Å².